The van der Waals surface area contributed by atoms with Crippen molar-refractivity contribution < 1.29 is 19.4 Å². The van der Waals surface area contributed by atoms with E-state index in [0.717, 1.165) is 0 Å². The highest BCUT2D eigenvalue weighted by Crippen LogP contribution is 2.22. The van der Waals surface area contributed by atoms with Crippen LogP contribution in [0.25, 0.3) is 0 Å². The lowest BCUT2D eigenvalue weighted by Gasteiger charge is -2.13. The molecule has 6 nitrogen and oxygen atoms in total. The second kappa shape index (κ2) is 7.30. The van der Waals surface area contributed by atoms with Crippen LogP contribution in [0.4, 0.5) is 5.82 Å². The third-order valence-corrected chi connectivity index (χ3v) is 3.28. The van der Waals surface area contributed by atoms with Gasteiger partial charge in [0.05, 0.1) is 15.6 Å². The number of aromatic hydroxyl groups is 1. The second-order valence-corrected chi connectivity index (χ2v) is 5.41. The average molecular weight is 355 g/mol. The van der Waals surface area contributed by atoms with Gasteiger partial charge in [0, 0.05) is 6.20 Å². The molecule has 0 saturated heterocycles. The van der Waals surface area contributed by atoms with Crippen LogP contribution in [0.5, 0.6) is 5.75 Å². The molecule has 0 bridgehead atoms. The molecule has 8 heteroatoms. The third-order valence-electron chi connectivity index (χ3n) is 2.78. The molecule has 0 aliphatic heterocycles. The first-order valence-electron chi connectivity index (χ1n) is 6.48. The molecule has 1 aromatic heterocycles. The number of phenolic OH excluding ortho intramolecular Hbond substituents is 1. The Morgan fingerprint density at radius 3 is 2.70 bits per heavy atom. The molecule has 0 saturated carbocycles. The number of hydrogen-bond acceptors (Lipinski definition) is 5. The number of carbonyl (C=O) groups is 2. The Morgan fingerprint density at radius 2 is 2.04 bits per heavy atom. The first-order valence-corrected chi connectivity index (χ1v) is 7.24. The fourth-order valence-corrected chi connectivity index (χ4v) is 2.07. The van der Waals surface area contributed by atoms with Crippen LogP contribution in [0.15, 0.2) is 36.5 Å². The van der Waals surface area contributed by atoms with Crippen molar-refractivity contribution in [2.45, 2.75) is 13.0 Å². The molecule has 0 aliphatic rings. The molecule has 23 heavy (non-hydrogen) atoms. The number of amides is 1. The zero-order valence-electron chi connectivity index (χ0n) is 11.9. The van der Waals surface area contributed by atoms with E-state index in [0.29, 0.717) is 5.02 Å². The normalized spacial score (nSPS) is 11.6. The molecular weight excluding hydrogens is 343 g/mol. The van der Waals surface area contributed by atoms with Crippen molar-refractivity contribution >= 4 is 40.9 Å². The van der Waals surface area contributed by atoms with E-state index in [4.69, 9.17) is 27.9 Å². The van der Waals surface area contributed by atoms with Crippen molar-refractivity contribution in [2.75, 3.05) is 5.32 Å². The van der Waals surface area contributed by atoms with Crippen LogP contribution in [0.2, 0.25) is 10.0 Å². The Morgan fingerprint density at radius 1 is 1.30 bits per heavy atom. The number of esters is 1. The zero-order valence-corrected chi connectivity index (χ0v) is 13.4. The summed E-state index contributed by atoms with van der Waals surface area (Å²) in [7, 11) is 0. The number of ether oxygens (including phenoxy) is 1. The van der Waals surface area contributed by atoms with Gasteiger partial charge in [0.25, 0.3) is 5.91 Å². The summed E-state index contributed by atoms with van der Waals surface area (Å²) in [6, 6.07) is 7.04. The first-order chi connectivity index (χ1) is 10.9. The highest BCUT2D eigenvalue weighted by molar-refractivity contribution is 6.36. The summed E-state index contributed by atoms with van der Waals surface area (Å²) in [4.78, 5) is 27.8. The Balaban J connectivity index is 2.01. The first kappa shape index (κ1) is 17.1. The van der Waals surface area contributed by atoms with Gasteiger partial charge in [-0.25, -0.2) is 9.78 Å². The molecule has 0 aliphatic carbocycles. The number of aromatic nitrogens is 1. The summed E-state index contributed by atoms with van der Waals surface area (Å²) in [5.74, 6) is -1.30. The van der Waals surface area contributed by atoms with Crippen molar-refractivity contribution in [2.24, 2.45) is 0 Å². The molecule has 1 aromatic carbocycles. The van der Waals surface area contributed by atoms with Crippen LogP contribution < -0.4 is 5.32 Å². The predicted octanol–water partition coefficient (Wildman–Crippen LogP) is 3.28. The smallest absolute Gasteiger partial charge is 0.339 e. The van der Waals surface area contributed by atoms with Gasteiger partial charge < -0.3 is 15.2 Å². The quantitative estimate of drug-likeness (QED) is 0.822. The van der Waals surface area contributed by atoms with Gasteiger partial charge in [0.2, 0.25) is 0 Å². The van der Waals surface area contributed by atoms with E-state index in [9.17, 15) is 14.7 Å². The van der Waals surface area contributed by atoms with Gasteiger partial charge in [-0.3, -0.25) is 4.79 Å². The van der Waals surface area contributed by atoms with Gasteiger partial charge >= 0.3 is 5.97 Å². The van der Waals surface area contributed by atoms with Gasteiger partial charge in [-0.15, -0.1) is 0 Å². The lowest BCUT2D eigenvalue weighted by molar-refractivity contribution is -0.123. The molecule has 1 heterocycles. The number of halogens is 2. The molecule has 2 rings (SSSR count). The van der Waals surface area contributed by atoms with Crippen molar-refractivity contribution in [1.29, 1.82) is 0 Å². The standard InChI is InChI=1S/C15H12Cl2N2O4/c1-8(23-15(22)9-3-2-4-11(20)5-9)14(21)19-13-12(17)6-10(16)7-18-13/h2-8,20H,1H3,(H,18,19,21)/t8-/m0/s1. The highest BCUT2D eigenvalue weighted by atomic mass is 35.5. The Bertz CT molecular complexity index is 752. The zero-order chi connectivity index (χ0) is 17.0. The topological polar surface area (TPSA) is 88.5 Å². The fourth-order valence-electron chi connectivity index (χ4n) is 1.64. The van der Waals surface area contributed by atoms with Crippen molar-refractivity contribution in [3.63, 3.8) is 0 Å². The van der Waals surface area contributed by atoms with E-state index in [1.54, 1.807) is 0 Å². The third kappa shape index (κ3) is 4.58. The van der Waals surface area contributed by atoms with Crippen molar-refractivity contribution in [3.05, 3.63) is 52.1 Å². The minimum atomic E-state index is -1.08. The Labute approximate surface area is 142 Å². The molecule has 0 fully saturated rings. The minimum Gasteiger partial charge on any atom is -0.508 e. The van der Waals surface area contributed by atoms with Crippen LogP contribution in [0.3, 0.4) is 0 Å². The average Bonchev–Trinajstić information content (AvgIpc) is 2.49. The highest BCUT2D eigenvalue weighted by Gasteiger charge is 2.20. The number of nitrogens with one attached hydrogen (secondary N) is 1. The Hall–Kier alpha value is -2.31. The number of hydrogen-bond donors (Lipinski definition) is 2. The number of benzene rings is 1. The number of phenols is 1. The fraction of sp³-hybridized carbons (Fsp3) is 0.133. The van der Waals surface area contributed by atoms with Crippen molar-refractivity contribution in [3.8, 4) is 5.75 Å². The molecule has 0 unspecified atom stereocenters. The number of anilines is 1. The second-order valence-electron chi connectivity index (χ2n) is 4.57. The maximum absolute atomic E-state index is 12.0. The van der Waals surface area contributed by atoms with E-state index < -0.39 is 18.0 Å². The predicted molar refractivity (Wildman–Crippen MR) is 85.9 cm³/mol. The number of carbonyl (C=O) groups excluding carboxylic acids is 2. The van der Waals surface area contributed by atoms with E-state index in [1.807, 2.05) is 0 Å². The number of rotatable bonds is 4. The van der Waals surface area contributed by atoms with Crippen molar-refractivity contribution in [1.82, 2.24) is 4.98 Å². The minimum absolute atomic E-state index is 0.0753. The monoisotopic (exact) mass is 354 g/mol. The van der Waals surface area contributed by atoms with Gasteiger partial charge in [-0.1, -0.05) is 29.3 Å². The van der Waals surface area contributed by atoms with Crippen LogP contribution in [0.1, 0.15) is 17.3 Å². The van der Waals surface area contributed by atoms with Gasteiger partial charge in [-0.2, -0.15) is 0 Å². The van der Waals surface area contributed by atoms with E-state index in [1.165, 1.54) is 43.5 Å². The molecule has 0 radical (unpaired) electrons. The molecule has 1 amide bonds. The molecule has 2 N–H and O–H groups in total. The van der Waals surface area contributed by atoms with Crippen LogP contribution >= 0.6 is 23.2 Å². The molecule has 1 atom stereocenters. The van der Waals surface area contributed by atoms with Crippen LogP contribution in [-0.2, 0) is 9.53 Å². The Kier molecular flexibility index (Phi) is 5.41. The lowest BCUT2D eigenvalue weighted by Crippen LogP contribution is -2.30. The number of pyridine rings is 1. The SMILES string of the molecule is C[C@H](OC(=O)c1cccc(O)c1)C(=O)Nc1ncc(Cl)cc1Cl. The maximum atomic E-state index is 12.0. The van der Waals surface area contributed by atoms with E-state index >= 15 is 0 Å². The summed E-state index contributed by atoms with van der Waals surface area (Å²) >= 11 is 11.6. The van der Waals surface area contributed by atoms with Gasteiger partial charge in [-0.05, 0) is 31.2 Å². The summed E-state index contributed by atoms with van der Waals surface area (Å²) < 4.78 is 5.03. The molecule has 120 valence electrons. The van der Waals surface area contributed by atoms with Crippen LogP contribution in [0, 0.1) is 0 Å². The summed E-state index contributed by atoms with van der Waals surface area (Å²) in [6.07, 6.45) is 0.241. The largest absolute Gasteiger partial charge is 0.508 e. The summed E-state index contributed by atoms with van der Waals surface area (Å²) in [6.45, 7) is 1.40. The molecular formula is C15H12Cl2N2O4. The number of nitrogens with zero attached hydrogens (tertiary/aromatic N) is 1. The van der Waals surface area contributed by atoms with E-state index in [2.05, 4.69) is 10.3 Å². The molecule has 0 spiro atoms. The lowest BCUT2D eigenvalue weighted by atomic mass is 10.2. The maximum Gasteiger partial charge on any atom is 0.339 e. The van der Waals surface area contributed by atoms with Gasteiger partial charge in [0.1, 0.15) is 5.75 Å². The molecule has 2 aromatic rings. The van der Waals surface area contributed by atoms with E-state index in [-0.39, 0.29) is 22.2 Å². The van der Waals surface area contributed by atoms with Gasteiger partial charge in [0.15, 0.2) is 11.9 Å². The summed E-state index contributed by atoms with van der Waals surface area (Å²) in [5.41, 5.74) is 0.132. The summed E-state index contributed by atoms with van der Waals surface area (Å²) in [5, 5.41) is 12.3. The van der Waals surface area contributed by atoms with Crippen LogP contribution in [-0.4, -0.2) is 28.1 Å².